The van der Waals surface area contributed by atoms with E-state index in [1.807, 2.05) is 12.1 Å². The monoisotopic (exact) mass is 496 g/mol. The lowest BCUT2D eigenvalue weighted by molar-refractivity contribution is -0.0578. The number of nitrogen functional groups attached to an aromatic ring is 1. The molecule has 3 aliphatic heterocycles. The second-order valence-electron chi connectivity index (χ2n) is 10.4. The smallest absolute Gasteiger partial charge is 0.164 e. The standard InChI is InChI=1S/C26H33FN6O3/c27-18-4-2-17(3-5-18)14-31-12-8-26(9-13-31)7-1-10-32(26)15-20-21(34)22(35)25(36-20)33-11-6-19-23(28)29-16-30-24(19)33/h2-6,11,16,20-22,25,34-35H,1,7-10,12-15H2,(H2,28,29,30)/t20-,21-,22-,25-/m1/s1. The molecule has 0 aliphatic carbocycles. The number of hydrogen-bond acceptors (Lipinski definition) is 8. The fourth-order valence-corrected chi connectivity index (χ4v) is 6.34. The number of anilines is 1. The maximum Gasteiger partial charge on any atom is 0.164 e. The lowest BCUT2D eigenvalue weighted by atomic mass is 9.84. The first-order valence-electron chi connectivity index (χ1n) is 12.7. The van der Waals surface area contributed by atoms with Crippen molar-refractivity contribution in [2.24, 2.45) is 0 Å². The van der Waals surface area contributed by atoms with Crippen LogP contribution in [0.25, 0.3) is 11.0 Å². The predicted molar refractivity (Wildman–Crippen MR) is 132 cm³/mol. The molecule has 4 N–H and O–H groups in total. The number of halogens is 1. The second-order valence-corrected chi connectivity index (χ2v) is 10.4. The molecule has 3 fully saturated rings. The molecule has 0 unspecified atom stereocenters. The highest BCUT2D eigenvalue weighted by molar-refractivity contribution is 5.86. The minimum Gasteiger partial charge on any atom is -0.387 e. The minimum absolute atomic E-state index is 0.0905. The molecule has 0 saturated carbocycles. The van der Waals surface area contributed by atoms with E-state index in [4.69, 9.17) is 10.5 Å². The number of benzene rings is 1. The highest BCUT2D eigenvalue weighted by atomic mass is 19.1. The maximum absolute atomic E-state index is 13.2. The summed E-state index contributed by atoms with van der Waals surface area (Å²) in [6.45, 7) is 4.31. The summed E-state index contributed by atoms with van der Waals surface area (Å²) in [5.41, 5.74) is 7.75. The van der Waals surface area contributed by atoms with Crippen LogP contribution in [-0.2, 0) is 11.3 Å². The zero-order valence-corrected chi connectivity index (χ0v) is 20.2. The Hall–Kier alpha value is -2.63. The fourth-order valence-electron chi connectivity index (χ4n) is 6.34. The third kappa shape index (κ3) is 4.16. The van der Waals surface area contributed by atoms with Crippen LogP contribution < -0.4 is 5.73 Å². The lowest BCUT2D eigenvalue weighted by Crippen LogP contribution is -2.54. The summed E-state index contributed by atoms with van der Waals surface area (Å²) >= 11 is 0. The number of nitrogens with two attached hydrogens (primary N) is 1. The van der Waals surface area contributed by atoms with Crippen LogP contribution >= 0.6 is 0 Å². The zero-order valence-electron chi connectivity index (χ0n) is 20.2. The van der Waals surface area contributed by atoms with Gasteiger partial charge in [0.1, 0.15) is 41.9 Å². The second kappa shape index (κ2) is 9.35. The van der Waals surface area contributed by atoms with Crippen molar-refractivity contribution in [2.75, 3.05) is 31.9 Å². The molecule has 1 spiro atoms. The topological polar surface area (TPSA) is 113 Å². The highest BCUT2D eigenvalue weighted by Gasteiger charge is 2.49. The first kappa shape index (κ1) is 23.7. The highest BCUT2D eigenvalue weighted by Crippen LogP contribution is 2.41. The van der Waals surface area contributed by atoms with Crippen LogP contribution in [0.3, 0.4) is 0 Å². The van der Waals surface area contributed by atoms with E-state index in [1.54, 1.807) is 16.8 Å². The number of aliphatic hydroxyl groups excluding tert-OH is 2. The summed E-state index contributed by atoms with van der Waals surface area (Å²) in [6.07, 6.45) is 4.17. The molecule has 3 saturated heterocycles. The van der Waals surface area contributed by atoms with Crippen molar-refractivity contribution in [1.82, 2.24) is 24.3 Å². The Morgan fingerprint density at radius 3 is 2.58 bits per heavy atom. The quantitative estimate of drug-likeness (QED) is 0.491. The SMILES string of the molecule is Nc1ncnc2c1ccn2[C@@H]1O[C@H](CN2CCCC23CCN(Cc2ccc(F)cc2)CC3)[C@@H](O)[C@H]1O. The van der Waals surface area contributed by atoms with Gasteiger partial charge in [-0.05, 0) is 56.0 Å². The number of piperidine rings is 1. The Kier molecular flexibility index (Phi) is 6.17. The van der Waals surface area contributed by atoms with Gasteiger partial charge >= 0.3 is 0 Å². The summed E-state index contributed by atoms with van der Waals surface area (Å²) in [7, 11) is 0. The van der Waals surface area contributed by atoms with Crippen molar-refractivity contribution in [3.8, 4) is 0 Å². The molecular weight excluding hydrogens is 463 g/mol. The summed E-state index contributed by atoms with van der Waals surface area (Å²) in [4.78, 5) is 13.2. The molecule has 1 aromatic carbocycles. The maximum atomic E-state index is 13.2. The van der Waals surface area contributed by atoms with Crippen LogP contribution in [0.5, 0.6) is 0 Å². The molecule has 0 radical (unpaired) electrons. The van der Waals surface area contributed by atoms with Gasteiger partial charge in [-0.15, -0.1) is 0 Å². The molecule has 6 rings (SSSR count). The summed E-state index contributed by atoms with van der Waals surface area (Å²) < 4.78 is 21.2. The number of hydrogen-bond donors (Lipinski definition) is 3. The van der Waals surface area contributed by atoms with Crippen molar-refractivity contribution < 1.29 is 19.3 Å². The third-order valence-corrected chi connectivity index (χ3v) is 8.40. The van der Waals surface area contributed by atoms with Crippen molar-refractivity contribution >= 4 is 16.9 Å². The Balaban J connectivity index is 1.12. The molecule has 10 heteroatoms. The van der Waals surface area contributed by atoms with Crippen molar-refractivity contribution in [1.29, 1.82) is 0 Å². The molecule has 3 aromatic rings. The molecule has 0 bridgehead atoms. The van der Waals surface area contributed by atoms with Gasteiger partial charge < -0.3 is 25.3 Å². The molecule has 192 valence electrons. The van der Waals surface area contributed by atoms with Gasteiger partial charge in [0.2, 0.25) is 0 Å². The van der Waals surface area contributed by atoms with Crippen molar-refractivity contribution in [3.05, 3.63) is 54.2 Å². The van der Waals surface area contributed by atoms with Crippen LogP contribution in [0.4, 0.5) is 10.2 Å². The van der Waals surface area contributed by atoms with E-state index in [2.05, 4.69) is 19.8 Å². The normalized spacial score (nSPS) is 29.0. The van der Waals surface area contributed by atoms with Gasteiger partial charge in [0.15, 0.2) is 6.23 Å². The number of fused-ring (bicyclic) bond motifs is 1. The Bertz CT molecular complexity index is 1210. The Morgan fingerprint density at radius 1 is 1.03 bits per heavy atom. The molecule has 4 atom stereocenters. The van der Waals surface area contributed by atoms with Gasteiger partial charge in [-0.2, -0.15) is 0 Å². The van der Waals surface area contributed by atoms with Gasteiger partial charge in [-0.25, -0.2) is 14.4 Å². The van der Waals surface area contributed by atoms with Gasteiger partial charge in [0, 0.05) is 37.9 Å². The van der Waals surface area contributed by atoms with E-state index < -0.39 is 24.5 Å². The van der Waals surface area contributed by atoms with E-state index in [1.165, 1.54) is 18.5 Å². The van der Waals surface area contributed by atoms with Crippen LogP contribution in [-0.4, -0.2) is 84.6 Å². The molecular formula is C26H33FN6O3. The molecule has 5 heterocycles. The van der Waals surface area contributed by atoms with E-state index in [0.717, 1.165) is 57.4 Å². The molecule has 36 heavy (non-hydrogen) atoms. The van der Waals surface area contributed by atoms with E-state index in [9.17, 15) is 14.6 Å². The van der Waals surface area contributed by atoms with E-state index >= 15 is 0 Å². The number of ether oxygens (including phenoxy) is 1. The average molecular weight is 497 g/mol. The zero-order chi connectivity index (χ0) is 24.9. The number of aromatic nitrogens is 3. The summed E-state index contributed by atoms with van der Waals surface area (Å²) in [6, 6.07) is 8.56. The van der Waals surface area contributed by atoms with Gasteiger partial charge in [-0.1, -0.05) is 12.1 Å². The van der Waals surface area contributed by atoms with Gasteiger partial charge in [0.05, 0.1) is 5.39 Å². The van der Waals surface area contributed by atoms with E-state index in [0.29, 0.717) is 23.4 Å². The number of rotatable bonds is 5. The van der Waals surface area contributed by atoms with Crippen LogP contribution in [0.2, 0.25) is 0 Å². The first-order chi connectivity index (χ1) is 17.4. The molecule has 3 aliphatic rings. The van der Waals surface area contributed by atoms with E-state index in [-0.39, 0.29) is 11.4 Å². The number of aliphatic hydroxyl groups is 2. The van der Waals surface area contributed by atoms with Crippen LogP contribution in [0.15, 0.2) is 42.9 Å². The first-order valence-corrected chi connectivity index (χ1v) is 12.7. The number of likely N-dealkylation sites (tertiary alicyclic amines) is 2. The summed E-state index contributed by atoms with van der Waals surface area (Å²) in [5.74, 6) is 0.164. The third-order valence-electron chi connectivity index (χ3n) is 8.40. The fraction of sp³-hybridized carbons (Fsp3) is 0.538. The van der Waals surface area contributed by atoms with Crippen molar-refractivity contribution in [3.63, 3.8) is 0 Å². The Labute approximate surface area is 209 Å². The van der Waals surface area contributed by atoms with Crippen LogP contribution in [0.1, 0.15) is 37.5 Å². The predicted octanol–water partition coefficient (Wildman–Crippen LogP) is 1.90. The number of nitrogens with zero attached hydrogens (tertiary/aromatic N) is 5. The molecule has 2 aromatic heterocycles. The average Bonchev–Trinajstić information content (AvgIpc) is 3.56. The minimum atomic E-state index is -1.07. The van der Waals surface area contributed by atoms with Crippen molar-refractivity contribution in [2.45, 2.75) is 62.3 Å². The Morgan fingerprint density at radius 2 is 1.81 bits per heavy atom. The lowest BCUT2D eigenvalue weighted by Gasteiger charge is -2.46. The van der Waals surface area contributed by atoms with Crippen LogP contribution in [0, 0.1) is 5.82 Å². The largest absolute Gasteiger partial charge is 0.387 e. The molecule has 9 nitrogen and oxygen atoms in total. The van der Waals surface area contributed by atoms with Gasteiger partial charge in [-0.3, -0.25) is 9.80 Å². The molecule has 0 amide bonds. The van der Waals surface area contributed by atoms with Gasteiger partial charge in [0.25, 0.3) is 0 Å². The summed E-state index contributed by atoms with van der Waals surface area (Å²) in [5, 5.41) is 22.5.